The van der Waals surface area contributed by atoms with Crippen LogP contribution in [0.1, 0.15) is 31.7 Å². The lowest BCUT2D eigenvalue weighted by Crippen LogP contribution is -2.38. The smallest absolute Gasteiger partial charge is 0.201 e. The Morgan fingerprint density at radius 1 is 1.20 bits per heavy atom. The van der Waals surface area contributed by atoms with Crippen molar-refractivity contribution in [1.29, 1.82) is 0 Å². The molecule has 0 bridgehead atoms. The van der Waals surface area contributed by atoms with Gasteiger partial charge in [0.15, 0.2) is 0 Å². The van der Waals surface area contributed by atoms with E-state index in [4.69, 9.17) is 5.73 Å². The summed E-state index contributed by atoms with van der Waals surface area (Å²) in [6.07, 6.45) is 5.09. The molecule has 4 rings (SSSR count). The van der Waals surface area contributed by atoms with Gasteiger partial charge in [-0.25, -0.2) is 4.98 Å². The lowest BCUT2D eigenvalue weighted by atomic mass is 9.97. The number of hydrogen-bond acceptors (Lipinski definition) is 3. The van der Waals surface area contributed by atoms with E-state index in [1.807, 2.05) is 6.07 Å². The monoisotopic (exact) mass is 334 g/mol. The maximum absolute atomic E-state index is 6.19. The molecule has 0 aliphatic carbocycles. The van der Waals surface area contributed by atoms with Crippen LogP contribution in [0.3, 0.4) is 0 Å². The van der Waals surface area contributed by atoms with Gasteiger partial charge in [0.25, 0.3) is 0 Å². The van der Waals surface area contributed by atoms with Crippen LogP contribution < -0.4 is 5.73 Å². The normalized spacial score (nSPS) is 27.1. The highest BCUT2D eigenvalue weighted by atomic mass is 79.9. The number of hydrogen-bond donors (Lipinski definition) is 1. The molecule has 106 valence electrons. The van der Waals surface area contributed by atoms with Crippen LogP contribution in [0.25, 0.3) is 11.0 Å². The van der Waals surface area contributed by atoms with Crippen molar-refractivity contribution in [1.82, 2.24) is 14.5 Å². The maximum Gasteiger partial charge on any atom is 0.201 e. The lowest BCUT2D eigenvalue weighted by molar-refractivity contribution is 0.158. The summed E-state index contributed by atoms with van der Waals surface area (Å²) in [5.41, 5.74) is 8.35. The van der Waals surface area contributed by atoms with Crippen molar-refractivity contribution in [2.45, 2.75) is 37.8 Å². The first kappa shape index (κ1) is 12.7. The standard InChI is InChI=1S/C15H19BrN4/c16-10-3-4-14-13(8-10)18-15(17)20(14)12-5-7-19-6-1-2-11(19)9-12/h3-4,8,11-12H,1-2,5-7,9H2,(H2,17,18). The lowest BCUT2D eigenvalue weighted by Gasteiger charge is -2.35. The van der Waals surface area contributed by atoms with Crippen molar-refractivity contribution in [3.63, 3.8) is 0 Å². The Morgan fingerprint density at radius 3 is 3.00 bits per heavy atom. The highest BCUT2D eigenvalue weighted by Gasteiger charge is 2.33. The molecule has 0 spiro atoms. The number of halogens is 1. The van der Waals surface area contributed by atoms with Crippen molar-refractivity contribution < 1.29 is 0 Å². The molecule has 0 saturated carbocycles. The summed E-state index contributed by atoms with van der Waals surface area (Å²) in [7, 11) is 0. The first-order valence-corrected chi connectivity index (χ1v) is 8.18. The number of piperidine rings is 1. The summed E-state index contributed by atoms with van der Waals surface area (Å²) in [6.45, 7) is 2.48. The molecule has 2 N–H and O–H groups in total. The molecule has 4 nitrogen and oxygen atoms in total. The fraction of sp³-hybridized carbons (Fsp3) is 0.533. The van der Waals surface area contributed by atoms with Gasteiger partial charge in [-0.3, -0.25) is 0 Å². The Balaban J connectivity index is 1.72. The predicted molar refractivity (Wildman–Crippen MR) is 84.7 cm³/mol. The van der Waals surface area contributed by atoms with Gasteiger partial charge in [0, 0.05) is 23.1 Å². The minimum absolute atomic E-state index is 0.500. The molecule has 0 radical (unpaired) electrons. The SMILES string of the molecule is Nc1nc2cc(Br)ccc2n1C1CCN2CCCC2C1. The van der Waals surface area contributed by atoms with Crippen molar-refractivity contribution in [2.24, 2.45) is 0 Å². The molecule has 2 saturated heterocycles. The summed E-state index contributed by atoms with van der Waals surface area (Å²) in [5.74, 6) is 0.662. The number of anilines is 1. The van der Waals surface area contributed by atoms with E-state index < -0.39 is 0 Å². The van der Waals surface area contributed by atoms with Gasteiger partial charge < -0.3 is 15.2 Å². The van der Waals surface area contributed by atoms with E-state index in [1.54, 1.807) is 0 Å². The molecular formula is C15H19BrN4. The molecule has 1 aromatic heterocycles. The van der Waals surface area contributed by atoms with E-state index in [2.05, 4.69) is 42.5 Å². The zero-order valence-electron chi connectivity index (χ0n) is 11.4. The molecule has 1 aromatic carbocycles. The molecular weight excluding hydrogens is 316 g/mol. The van der Waals surface area contributed by atoms with Gasteiger partial charge in [-0.05, 0) is 50.4 Å². The molecule has 2 aliphatic rings. The first-order valence-electron chi connectivity index (χ1n) is 7.39. The van der Waals surface area contributed by atoms with E-state index in [0.29, 0.717) is 12.0 Å². The average Bonchev–Trinajstić information content (AvgIpc) is 3.00. The summed E-state index contributed by atoms with van der Waals surface area (Å²) in [6, 6.07) is 7.50. The molecule has 2 aromatic rings. The zero-order valence-corrected chi connectivity index (χ0v) is 13.0. The molecule has 20 heavy (non-hydrogen) atoms. The van der Waals surface area contributed by atoms with E-state index >= 15 is 0 Å². The van der Waals surface area contributed by atoms with E-state index in [0.717, 1.165) is 16.0 Å². The van der Waals surface area contributed by atoms with Crippen molar-refractivity contribution in [2.75, 3.05) is 18.8 Å². The molecule has 0 amide bonds. The highest BCUT2D eigenvalue weighted by molar-refractivity contribution is 9.10. The number of rotatable bonds is 1. The fourth-order valence-corrected chi connectivity index (χ4v) is 4.26. The van der Waals surface area contributed by atoms with Gasteiger partial charge in [0.05, 0.1) is 11.0 Å². The summed E-state index contributed by atoms with van der Waals surface area (Å²) >= 11 is 3.50. The average molecular weight is 335 g/mol. The number of nitrogens with zero attached hydrogens (tertiary/aromatic N) is 3. The van der Waals surface area contributed by atoms with Crippen molar-refractivity contribution in [3.05, 3.63) is 22.7 Å². The minimum atomic E-state index is 0.500. The number of aromatic nitrogens is 2. The van der Waals surface area contributed by atoms with Gasteiger partial charge in [-0.15, -0.1) is 0 Å². The second-order valence-electron chi connectivity index (χ2n) is 5.98. The minimum Gasteiger partial charge on any atom is -0.369 e. The van der Waals surface area contributed by atoms with Crippen LogP contribution in [0.4, 0.5) is 5.95 Å². The van der Waals surface area contributed by atoms with Gasteiger partial charge in [0.1, 0.15) is 0 Å². The van der Waals surface area contributed by atoms with E-state index in [-0.39, 0.29) is 0 Å². The van der Waals surface area contributed by atoms with Crippen LogP contribution in [-0.4, -0.2) is 33.6 Å². The Bertz CT molecular complexity index is 651. The molecule has 5 heteroatoms. The number of nitrogen functional groups attached to an aromatic ring is 1. The maximum atomic E-state index is 6.19. The Labute approximate surface area is 127 Å². The number of benzene rings is 1. The van der Waals surface area contributed by atoms with Gasteiger partial charge in [-0.1, -0.05) is 15.9 Å². The van der Waals surface area contributed by atoms with Crippen molar-refractivity contribution >= 4 is 32.9 Å². The third-order valence-corrected chi connectivity index (χ3v) is 5.33. The van der Waals surface area contributed by atoms with Crippen LogP contribution in [0.2, 0.25) is 0 Å². The van der Waals surface area contributed by atoms with E-state index in [9.17, 15) is 0 Å². The topological polar surface area (TPSA) is 47.1 Å². The quantitative estimate of drug-likeness (QED) is 0.871. The van der Waals surface area contributed by atoms with E-state index in [1.165, 1.54) is 44.3 Å². The van der Waals surface area contributed by atoms with Gasteiger partial charge in [-0.2, -0.15) is 0 Å². The first-order chi connectivity index (χ1) is 9.72. The van der Waals surface area contributed by atoms with Crippen molar-refractivity contribution in [3.8, 4) is 0 Å². The largest absolute Gasteiger partial charge is 0.369 e. The molecule has 2 atom stereocenters. The third-order valence-electron chi connectivity index (χ3n) is 4.84. The molecule has 2 aliphatic heterocycles. The van der Waals surface area contributed by atoms with Crippen LogP contribution in [0.15, 0.2) is 22.7 Å². The predicted octanol–water partition coefficient (Wildman–Crippen LogP) is 3.18. The third kappa shape index (κ3) is 1.95. The van der Waals surface area contributed by atoms with Crippen LogP contribution in [-0.2, 0) is 0 Å². The second kappa shape index (κ2) is 4.74. The molecule has 2 fully saturated rings. The molecule has 2 unspecified atom stereocenters. The van der Waals surface area contributed by atoms with Gasteiger partial charge in [0.2, 0.25) is 5.95 Å². The highest BCUT2D eigenvalue weighted by Crippen LogP contribution is 2.36. The van der Waals surface area contributed by atoms with Crippen LogP contribution >= 0.6 is 15.9 Å². The van der Waals surface area contributed by atoms with Gasteiger partial charge >= 0.3 is 0 Å². The Hall–Kier alpha value is -1.07. The zero-order chi connectivity index (χ0) is 13.7. The number of imidazole rings is 1. The second-order valence-corrected chi connectivity index (χ2v) is 6.90. The molecule has 3 heterocycles. The number of nitrogens with two attached hydrogens (primary N) is 1. The Morgan fingerprint density at radius 2 is 2.10 bits per heavy atom. The van der Waals surface area contributed by atoms with Crippen LogP contribution in [0.5, 0.6) is 0 Å². The summed E-state index contributed by atoms with van der Waals surface area (Å²) < 4.78 is 3.32. The fourth-order valence-electron chi connectivity index (χ4n) is 3.91. The number of fused-ring (bicyclic) bond motifs is 2. The summed E-state index contributed by atoms with van der Waals surface area (Å²) in [4.78, 5) is 7.17. The Kier molecular flexibility index (Phi) is 3.00. The van der Waals surface area contributed by atoms with Crippen LogP contribution in [0, 0.1) is 0 Å². The summed E-state index contributed by atoms with van der Waals surface area (Å²) in [5, 5.41) is 0.